The van der Waals surface area contributed by atoms with Crippen LogP contribution in [0, 0.1) is 24.0 Å². The molecular weight excluding hydrogens is 392 g/mol. The number of anilines is 1. The molecule has 1 aromatic heterocycles. The lowest BCUT2D eigenvalue weighted by molar-refractivity contribution is 0.474. The van der Waals surface area contributed by atoms with Crippen molar-refractivity contribution in [1.29, 1.82) is 5.41 Å². The zero-order valence-electron chi connectivity index (χ0n) is 15.6. The maximum absolute atomic E-state index is 13.6. The van der Waals surface area contributed by atoms with Crippen LogP contribution in [0.25, 0.3) is 0 Å². The summed E-state index contributed by atoms with van der Waals surface area (Å²) < 4.78 is 26.8. The summed E-state index contributed by atoms with van der Waals surface area (Å²) in [7, 11) is 0. The average Bonchev–Trinajstić information content (AvgIpc) is 3.37. The number of hydrogen-bond donors (Lipinski definition) is 3. The van der Waals surface area contributed by atoms with Gasteiger partial charge in [0.05, 0.1) is 11.6 Å². The van der Waals surface area contributed by atoms with Gasteiger partial charge >= 0.3 is 0 Å². The third-order valence-corrected chi connectivity index (χ3v) is 5.84. The van der Waals surface area contributed by atoms with Crippen molar-refractivity contribution in [1.82, 2.24) is 0 Å². The summed E-state index contributed by atoms with van der Waals surface area (Å²) in [6, 6.07) is 12.6. The standard InChI is InChI=1S/C22H19F2N3OS/c1-12-8-14(11-25)22(29-12)27-21(15-4-2-3-5-20(15)28)26-19-10-16(19)13-6-7-17(23)18(24)9-13/h2-9,11,16,19,25,28H,10H2,1H3,(H,26,27)/t16-,19?/m0/s1. The van der Waals surface area contributed by atoms with Crippen molar-refractivity contribution in [3.05, 3.63) is 81.7 Å². The van der Waals surface area contributed by atoms with E-state index in [1.165, 1.54) is 23.6 Å². The number of aliphatic imine (C=N–C) groups is 1. The van der Waals surface area contributed by atoms with Gasteiger partial charge in [0.2, 0.25) is 0 Å². The van der Waals surface area contributed by atoms with Gasteiger partial charge in [-0.25, -0.2) is 8.78 Å². The lowest BCUT2D eigenvalue weighted by Gasteiger charge is -2.11. The van der Waals surface area contributed by atoms with E-state index in [4.69, 9.17) is 10.4 Å². The van der Waals surface area contributed by atoms with Gasteiger partial charge in [-0.05, 0) is 49.2 Å². The van der Waals surface area contributed by atoms with Crippen molar-refractivity contribution in [2.45, 2.75) is 25.3 Å². The molecule has 0 radical (unpaired) electrons. The molecule has 0 amide bonds. The van der Waals surface area contributed by atoms with Crippen molar-refractivity contribution in [3.63, 3.8) is 0 Å². The molecule has 4 nitrogen and oxygen atoms in total. The van der Waals surface area contributed by atoms with Gasteiger partial charge in [-0.2, -0.15) is 0 Å². The van der Waals surface area contributed by atoms with Gasteiger partial charge in [0.25, 0.3) is 0 Å². The second-order valence-corrected chi connectivity index (χ2v) is 8.25. The number of thiophene rings is 1. The van der Waals surface area contributed by atoms with Gasteiger partial charge in [-0.3, -0.25) is 4.99 Å². The van der Waals surface area contributed by atoms with Crippen LogP contribution in [-0.4, -0.2) is 23.2 Å². The average molecular weight is 411 g/mol. The maximum atomic E-state index is 13.6. The second kappa shape index (κ2) is 7.75. The molecule has 29 heavy (non-hydrogen) atoms. The third kappa shape index (κ3) is 4.05. The molecule has 1 saturated carbocycles. The van der Waals surface area contributed by atoms with E-state index in [1.54, 1.807) is 24.3 Å². The molecule has 0 saturated heterocycles. The minimum absolute atomic E-state index is 0.0000324. The fraction of sp³-hybridized carbons (Fsp3) is 0.182. The largest absolute Gasteiger partial charge is 0.507 e. The van der Waals surface area contributed by atoms with E-state index in [2.05, 4.69) is 5.32 Å². The highest BCUT2D eigenvalue weighted by molar-refractivity contribution is 7.16. The Hall–Kier alpha value is -3.06. The first-order valence-electron chi connectivity index (χ1n) is 9.15. The van der Waals surface area contributed by atoms with Gasteiger partial charge in [-0.15, -0.1) is 11.3 Å². The van der Waals surface area contributed by atoms with Crippen LogP contribution in [0.4, 0.5) is 13.8 Å². The number of amidine groups is 1. The van der Waals surface area contributed by atoms with E-state index in [9.17, 15) is 13.9 Å². The number of nitrogens with one attached hydrogen (secondary N) is 2. The molecule has 0 spiro atoms. The number of phenols is 1. The smallest absolute Gasteiger partial charge is 0.159 e. The molecular formula is C22H19F2N3OS. The summed E-state index contributed by atoms with van der Waals surface area (Å²) in [6.07, 6.45) is 1.99. The Labute approximate surface area is 171 Å². The molecule has 2 atom stereocenters. The predicted molar refractivity (Wildman–Crippen MR) is 113 cm³/mol. The Morgan fingerprint density at radius 2 is 2.00 bits per heavy atom. The maximum Gasteiger partial charge on any atom is 0.159 e. The minimum Gasteiger partial charge on any atom is -0.507 e. The summed E-state index contributed by atoms with van der Waals surface area (Å²) in [4.78, 5) is 5.82. The summed E-state index contributed by atoms with van der Waals surface area (Å²) in [5.41, 5.74) is 2.00. The predicted octanol–water partition coefficient (Wildman–Crippen LogP) is 5.45. The van der Waals surface area contributed by atoms with Gasteiger partial charge < -0.3 is 15.8 Å². The van der Waals surface area contributed by atoms with Crippen LogP contribution in [0.5, 0.6) is 5.75 Å². The van der Waals surface area contributed by atoms with E-state index in [0.29, 0.717) is 23.4 Å². The van der Waals surface area contributed by atoms with Crippen LogP contribution in [-0.2, 0) is 0 Å². The first kappa shape index (κ1) is 19.3. The topological polar surface area (TPSA) is 68.5 Å². The Morgan fingerprint density at radius 1 is 1.21 bits per heavy atom. The zero-order valence-corrected chi connectivity index (χ0v) is 16.4. The highest BCUT2D eigenvalue weighted by Gasteiger charge is 2.39. The number of halogens is 2. The van der Waals surface area contributed by atoms with E-state index < -0.39 is 11.6 Å². The first-order chi connectivity index (χ1) is 14.0. The molecule has 2 aromatic carbocycles. The van der Waals surface area contributed by atoms with E-state index in [-0.39, 0.29) is 17.7 Å². The molecule has 3 aromatic rings. The number of benzene rings is 2. The number of nitrogens with zero attached hydrogens (tertiary/aromatic N) is 1. The Morgan fingerprint density at radius 3 is 2.72 bits per heavy atom. The number of para-hydroxylation sites is 1. The number of aromatic hydroxyl groups is 1. The molecule has 7 heteroatoms. The molecule has 1 aliphatic carbocycles. The number of aryl methyl sites for hydroxylation is 1. The van der Waals surface area contributed by atoms with Crippen molar-refractivity contribution in [3.8, 4) is 5.75 Å². The summed E-state index contributed by atoms with van der Waals surface area (Å²) in [5.74, 6) is -1.14. The summed E-state index contributed by atoms with van der Waals surface area (Å²) in [5, 5.41) is 22.0. The van der Waals surface area contributed by atoms with Crippen LogP contribution in [0.15, 0.2) is 53.5 Å². The molecule has 1 fully saturated rings. The summed E-state index contributed by atoms with van der Waals surface area (Å²) >= 11 is 1.50. The van der Waals surface area contributed by atoms with Gasteiger partial charge in [0.15, 0.2) is 11.6 Å². The minimum atomic E-state index is -0.863. The normalized spacial score (nSPS) is 18.5. The molecule has 0 bridgehead atoms. The first-order valence-corrected chi connectivity index (χ1v) is 9.97. The molecule has 1 heterocycles. The molecule has 1 aliphatic rings. The van der Waals surface area contributed by atoms with Crippen LogP contribution in [0.1, 0.15) is 33.9 Å². The molecule has 1 unspecified atom stereocenters. The van der Waals surface area contributed by atoms with Crippen molar-refractivity contribution >= 4 is 28.4 Å². The fourth-order valence-corrected chi connectivity index (χ4v) is 4.17. The SMILES string of the molecule is Cc1cc(C=N)c(NC(=NC2C[C@H]2c2ccc(F)c(F)c2)c2ccccc2O)s1. The van der Waals surface area contributed by atoms with Crippen LogP contribution in [0.3, 0.4) is 0 Å². The van der Waals surface area contributed by atoms with Gasteiger partial charge in [0, 0.05) is 22.6 Å². The molecule has 3 N–H and O–H groups in total. The highest BCUT2D eigenvalue weighted by atomic mass is 32.1. The van der Waals surface area contributed by atoms with E-state index >= 15 is 0 Å². The van der Waals surface area contributed by atoms with Crippen molar-refractivity contribution in [2.75, 3.05) is 5.32 Å². The Kier molecular flexibility index (Phi) is 5.15. The Bertz CT molecular complexity index is 1110. The quantitative estimate of drug-likeness (QED) is 0.386. The fourth-order valence-electron chi connectivity index (χ4n) is 3.28. The number of phenolic OH excluding ortho intramolecular Hbond substituents is 1. The number of hydrogen-bond acceptors (Lipinski definition) is 4. The zero-order chi connectivity index (χ0) is 20.5. The lowest BCUT2D eigenvalue weighted by atomic mass is 10.1. The van der Waals surface area contributed by atoms with Crippen molar-refractivity contribution < 1.29 is 13.9 Å². The number of rotatable bonds is 5. The van der Waals surface area contributed by atoms with E-state index in [1.807, 2.05) is 19.1 Å². The van der Waals surface area contributed by atoms with Gasteiger partial charge in [0.1, 0.15) is 16.6 Å². The van der Waals surface area contributed by atoms with Crippen molar-refractivity contribution in [2.24, 2.45) is 4.99 Å². The second-order valence-electron chi connectivity index (χ2n) is 6.99. The van der Waals surface area contributed by atoms with Crippen LogP contribution in [0.2, 0.25) is 0 Å². The summed E-state index contributed by atoms with van der Waals surface area (Å²) in [6.45, 7) is 1.96. The van der Waals surface area contributed by atoms with Crippen LogP contribution < -0.4 is 5.32 Å². The Balaban J connectivity index is 1.66. The van der Waals surface area contributed by atoms with Crippen LogP contribution >= 0.6 is 11.3 Å². The van der Waals surface area contributed by atoms with Gasteiger partial charge in [-0.1, -0.05) is 18.2 Å². The lowest BCUT2D eigenvalue weighted by Crippen LogP contribution is -2.15. The monoisotopic (exact) mass is 411 g/mol. The van der Waals surface area contributed by atoms with E-state index in [0.717, 1.165) is 21.5 Å². The molecule has 0 aliphatic heterocycles. The third-order valence-electron chi connectivity index (χ3n) is 4.85. The highest BCUT2D eigenvalue weighted by Crippen LogP contribution is 2.44. The molecule has 4 rings (SSSR count). The molecule has 148 valence electrons.